The third kappa shape index (κ3) is 4.40. The Balaban J connectivity index is 1.74. The molecule has 28 heavy (non-hydrogen) atoms. The van der Waals surface area contributed by atoms with Crippen molar-refractivity contribution in [1.29, 1.82) is 5.26 Å². The first-order chi connectivity index (χ1) is 13.4. The predicted molar refractivity (Wildman–Crippen MR) is 109 cm³/mol. The number of hydrogen-bond acceptors (Lipinski definition) is 6. The van der Waals surface area contributed by atoms with Crippen LogP contribution in [0.2, 0.25) is 0 Å². The Bertz CT molecular complexity index is 1050. The van der Waals surface area contributed by atoms with Crippen molar-refractivity contribution in [2.75, 3.05) is 11.1 Å². The van der Waals surface area contributed by atoms with Crippen LogP contribution in [-0.2, 0) is 11.2 Å². The Morgan fingerprint density at radius 3 is 2.68 bits per heavy atom. The number of anilines is 1. The molecular formula is C19H18FN5OS2. The molecule has 0 aliphatic carbocycles. The summed E-state index contributed by atoms with van der Waals surface area (Å²) >= 11 is 2.77. The molecule has 1 N–H and O–H groups in total. The molecule has 2 heterocycles. The van der Waals surface area contributed by atoms with Gasteiger partial charge < -0.3 is 5.32 Å². The Hall–Kier alpha value is -2.70. The van der Waals surface area contributed by atoms with E-state index in [-0.39, 0.29) is 18.1 Å². The predicted octanol–water partition coefficient (Wildman–Crippen LogP) is 4.19. The van der Waals surface area contributed by atoms with Crippen LogP contribution in [0.15, 0.2) is 28.5 Å². The van der Waals surface area contributed by atoms with E-state index in [1.165, 1.54) is 35.2 Å². The lowest BCUT2D eigenvalue weighted by atomic mass is 10.1. The molecule has 0 spiro atoms. The summed E-state index contributed by atoms with van der Waals surface area (Å²) in [6.45, 7) is 5.59. The highest BCUT2D eigenvalue weighted by molar-refractivity contribution is 8.01. The summed E-state index contributed by atoms with van der Waals surface area (Å²) < 4.78 is 15.8. The van der Waals surface area contributed by atoms with Crippen molar-refractivity contribution in [3.05, 3.63) is 52.7 Å². The number of carbonyl (C=O) groups excluding carboxylic acids is 1. The van der Waals surface area contributed by atoms with E-state index in [0.717, 1.165) is 32.5 Å². The van der Waals surface area contributed by atoms with Gasteiger partial charge in [0.25, 0.3) is 0 Å². The standard InChI is InChI=1S/C19H18FN5OS2/c1-11-16(13(3)25(24-11)15-6-4-14(20)5-7-15)10-17(26)23-19-22-12(2)18(28-19)27-9-8-21/h4-7H,9-10H2,1-3H3,(H,22,23,26). The first-order valence-electron chi connectivity index (χ1n) is 8.47. The van der Waals surface area contributed by atoms with Gasteiger partial charge in [0.15, 0.2) is 5.13 Å². The number of carbonyl (C=O) groups is 1. The smallest absolute Gasteiger partial charge is 0.230 e. The quantitative estimate of drug-likeness (QED) is 0.610. The lowest BCUT2D eigenvalue weighted by Gasteiger charge is -2.06. The average Bonchev–Trinajstić information content (AvgIpc) is 3.14. The summed E-state index contributed by atoms with van der Waals surface area (Å²) in [4.78, 5) is 16.9. The van der Waals surface area contributed by atoms with Gasteiger partial charge in [-0.2, -0.15) is 10.4 Å². The van der Waals surface area contributed by atoms with Crippen LogP contribution in [0.1, 0.15) is 22.6 Å². The topological polar surface area (TPSA) is 83.6 Å². The average molecular weight is 416 g/mol. The minimum Gasteiger partial charge on any atom is -0.302 e. The number of hydrogen-bond donors (Lipinski definition) is 1. The minimum absolute atomic E-state index is 0.165. The molecule has 0 unspecified atom stereocenters. The molecule has 0 atom stereocenters. The van der Waals surface area contributed by atoms with Crippen LogP contribution in [-0.4, -0.2) is 26.4 Å². The summed E-state index contributed by atoms with van der Waals surface area (Å²) in [7, 11) is 0. The maximum atomic E-state index is 13.2. The van der Waals surface area contributed by atoms with Crippen molar-refractivity contribution in [2.45, 2.75) is 31.4 Å². The number of thiazole rings is 1. The van der Waals surface area contributed by atoms with Gasteiger partial charge in [0.1, 0.15) is 5.82 Å². The molecule has 0 fully saturated rings. The van der Waals surface area contributed by atoms with Crippen molar-refractivity contribution in [3.8, 4) is 11.8 Å². The highest BCUT2D eigenvalue weighted by Crippen LogP contribution is 2.32. The number of rotatable bonds is 6. The highest BCUT2D eigenvalue weighted by atomic mass is 32.2. The Labute approximate surface area is 170 Å². The van der Waals surface area contributed by atoms with Crippen molar-refractivity contribution < 1.29 is 9.18 Å². The Morgan fingerprint density at radius 2 is 2.00 bits per heavy atom. The van der Waals surface area contributed by atoms with Gasteiger partial charge in [-0.15, -0.1) is 0 Å². The fourth-order valence-corrected chi connectivity index (χ4v) is 4.57. The van der Waals surface area contributed by atoms with Crippen LogP contribution >= 0.6 is 23.1 Å². The number of halogens is 1. The third-order valence-corrected chi connectivity index (χ3v) is 6.42. The normalized spacial score (nSPS) is 10.7. The first kappa shape index (κ1) is 20.0. The first-order valence-corrected chi connectivity index (χ1v) is 10.3. The summed E-state index contributed by atoms with van der Waals surface area (Å²) in [6.07, 6.45) is 0.165. The van der Waals surface area contributed by atoms with E-state index in [0.29, 0.717) is 10.9 Å². The molecule has 144 valence electrons. The number of aromatic nitrogens is 3. The van der Waals surface area contributed by atoms with Gasteiger partial charge in [-0.1, -0.05) is 23.1 Å². The molecule has 0 bridgehead atoms. The van der Waals surface area contributed by atoms with E-state index in [9.17, 15) is 9.18 Å². The van der Waals surface area contributed by atoms with Gasteiger partial charge in [0, 0.05) is 11.3 Å². The molecule has 6 nitrogen and oxygen atoms in total. The maximum Gasteiger partial charge on any atom is 0.230 e. The van der Waals surface area contributed by atoms with Gasteiger partial charge in [0.2, 0.25) is 5.91 Å². The number of aryl methyl sites for hydroxylation is 2. The van der Waals surface area contributed by atoms with Crippen LogP contribution in [0, 0.1) is 37.9 Å². The molecule has 0 saturated heterocycles. The van der Waals surface area contributed by atoms with E-state index >= 15 is 0 Å². The number of nitrogens with one attached hydrogen (secondary N) is 1. The summed E-state index contributed by atoms with van der Waals surface area (Å²) in [5.41, 5.74) is 3.95. The monoisotopic (exact) mass is 415 g/mol. The Morgan fingerprint density at radius 1 is 1.29 bits per heavy atom. The van der Waals surface area contributed by atoms with E-state index in [4.69, 9.17) is 5.26 Å². The zero-order chi connectivity index (χ0) is 20.3. The van der Waals surface area contributed by atoms with Gasteiger partial charge in [-0.3, -0.25) is 4.79 Å². The molecule has 2 aromatic heterocycles. The number of nitrogens with zero attached hydrogens (tertiary/aromatic N) is 4. The van der Waals surface area contributed by atoms with E-state index in [2.05, 4.69) is 21.5 Å². The van der Waals surface area contributed by atoms with E-state index in [1.807, 2.05) is 20.8 Å². The zero-order valence-electron chi connectivity index (χ0n) is 15.6. The van der Waals surface area contributed by atoms with E-state index in [1.54, 1.807) is 16.8 Å². The number of amides is 1. The van der Waals surface area contributed by atoms with Gasteiger partial charge in [0.05, 0.1) is 39.5 Å². The van der Waals surface area contributed by atoms with Crippen LogP contribution in [0.25, 0.3) is 5.69 Å². The molecule has 0 aliphatic heterocycles. The molecule has 0 radical (unpaired) electrons. The summed E-state index contributed by atoms with van der Waals surface area (Å²) in [5, 5.41) is 16.5. The lowest BCUT2D eigenvalue weighted by Crippen LogP contribution is -2.15. The third-order valence-electron chi connectivity index (χ3n) is 4.12. The van der Waals surface area contributed by atoms with Crippen LogP contribution in [0.4, 0.5) is 9.52 Å². The highest BCUT2D eigenvalue weighted by Gasteiger charge is 2.17. The van der Waals surface area contributed by atoms with Gasteiger partial charge in [-0.05, 0) is 45.0 Å². The zero-order valence-corrected chi connectivity index (χ0v) is 17.2. The van der Waals surface area contributed by atoms with Crippen LogP contribution < -0.4 is 5.32 Å². The molecule has 3 rings (SSSR count). The SMILES string of the molecule is Cc1nc(NC(=O)Cc2c(C)nn(-c3ccc(F)cc3)c2C)sc1SCC#N. The largest absolute Gasteiger partial charge is 0.302 e. The molecule has 0 saturated carbocycles. The maximum absolute atomic E-state index is 13.2. The second-order valence-electron chi connectivity index (χ2n) is 6.10. The molecule has 1 aromatic carbocycles. The molecule has 1 amide bonds. The second-order valence-corrected chi connectivity index (χ2v) is 8.34. The van der Waals surface area contributed by atoms with Gasteiger partial charge in [-0.25, -0.2) is 14.1 Å². The molecule has 9 heteroatoms. The lowest BCUT2D eigenvalue weighted by molar-refractivity contribution is -0.115. The van der Waals surface area contributed by atoms with Gasteiger partial charge >= 0.3 is 0 Å². The fraction of sp³-hybridized carbons (Fsp3) is 0.263. The number of nitriles is 1. The second kappa shape index (κ2) is 8.54. The van der Waals surface area contributed by atoms with Crippen molar-refractivity contribution in [1.82, 2.24) is 14.8 Å². The number of benzene rings is 1. The molecular weight excluding hydrogens is 397 g/mol. The van der Waals surface area contributed by atoms with Crippen molar-refractivity contribution >= 4 is 34.1 Å². The minimum atomic E-state index is -0.309. The molecule has 0 aliphatic rings. The fourth-order valence-electron chi connectivity index (χ4n) is 2.76. The molecule has 3 aromatic rings. The Kier molecular flexibility index (Phi) is 6.11. The van der Waals surface area contributed by atoms with Crippen LogP contribution in [0.3, 0.4) is 0 Å². The van der Waals surface area contributed by atoms with E-state index < -0.39 is 0 Å². The van der Waals surface area contributed by atoms with Crippen LogP contribution in [0.5, 0.6) is 0 Å². The summed E-state index contributed by atoms with van der Waals surface area (Å²) in [6, 6.07) is 8.14. The number of thioether (sulfide) groups is 1. The van der Waals surface area contributed by atoms with Crippen molar-refractivity contribution in [3.63, 3.8) is 0 Å². The van der Waals surface area contributed by atoms with Crippen molar-refractivity contribution in [2.24, 2.45) is 0 Å². The summed E-state index contributed by atoms with van der Waals surface area (Å²) in [5.74, 6) is -0.149.